The highest BCUT2D eigenvalue weighted by Crippen LogP contribution is 2.22. The summed E-state index contributed by atoms with van der Waals surface area (Å²) in [5.74, 6) is -0.315. The number of ether oxygens (including phenoxy) is 1. The van der Waals surface area contributed by atoms with Crippen LogP contribution in [0, 0.1) is 0 Å². The van der Waals surface area contributed by atoms with Crippen LogP contribution in [0.2, 0.25) is 0 Å². The summed E-state index contributed by atoms with van der Waals surface area (Å²) >= 11 is 0. The van der Waals surface area contributed by atoms with Crippen molar-refractivity contribution in [1.82, 2.24) is 4.72 Å². The number of hydrogen-bond donors (Lipinski definition) is 1. The molecule has 0 amide bonds. The van der Waals surface area contributed by atoms with E-state index in [9.17, 15) is 13.2 Å². The van der Waals surface area contributed by atoms with E-state index in [1.54, 1.807) is 39.0 Å². The quantitative estimate of drug-likeness (QED) is 0.845. The second kappa shape index (κ2) is 5.24. The number of fused-ring (bicyclic) bond motifs is 1. The molecule has 0 bridgehead atoms. The maximum absolute atomic E-state index is 11.9. The molecule has 1 atom stereocenters. The van der Waals surface area contributed by atoms with Crippen molar-refractivity contribution in [3.05, 3.63) is 29.8 Å². The zero-order chi connectivity index (χ0) is 14.9. The molecule has 7 heteroatoms. The van der Waals surface area contributed by atoms with Gasteiger partial charge in [-0.15, -0.1) is 0 Å². The predicted molar refractivity (Wildman–Crippen MR) is 74.0 cm³/mol. The van der Waals surface area contributed by atoms with Gasteiger partial charge in [-0.05, 0) is 32.9 Å². The molecule has 1 aliphatic rings. The number of rotatable bonds is 3. The lowest BCUT2D eigenvalue weighted by Gasteiger charge is -2.11. The molecule has 0 spiro atoms. The summed E-state index contributed by atoms with van der Waals surface area (Å²) in [5.41, 5.74) is 0.469. The maximum atomic E-state index is 11.9. The lowest BCUT2D eigenvalue weighted by Crippen LogP contribution is -2.27. The van der Waals surface area contributed by atoms with Gasteiger partial charge < -0.3 is 4.74 Å². The fourth-order valence-electron chi connectivity index (χ4n) is 1.81. The molecule has 2 rings (SSSR count). The first-order valence-electron chi connectivity index (χ1n) is 6.22. The minimum atomic E-state index is -3.58. The number of aliphatic imine (C=N–C) groups is 1. The van der Waals surface area contributed by atoms with Gasteiger partial charge in [0.1, 0.15) is 11.9 Å². The third-order valence-electron chi connectivity index (χ3n) is 2.68. The zero-order valence-electron chi connectivity index (χ0n) is 11.5. The predicted octanol–water partition coefficient (Wildman–Crippen LogP) is 1.07. The van der Waals surface area contributed by atoms with Crippen LogP contribution in [0.25, 0.3) is 0 Å². The van der Waals surface area contributed by atoms with Crippen LogP contribution in [0.1, 0.15) is 26.3 Å². The van der Waals surface area contributed by atoms with E-state index in [1.165, 1.54) is 6.07 Å². The number of amidine groups is 1. The van der Waals surface area contributed by atoms with Crippen molar-refractivity contribution in [2.75, 3.05) is 0 Å². The molecule has 0 unspecified atom stereocenters. The molecule has 1 heterocycles. The number of carbonyl (C=O) groups is 1. The van der Waals surface area contributed by atoms with Crippen molar-refractivity contribution < 1.29 is 17.9 Å². The first kappa shape index (κ1) is 14.5. The minimum absolute atomic E-state index is 0.170. The van der Waals surface area contributed by atoms with E-state index in [2.05, 4.69) is 9.71 Å². The number of nitrogens with one attached hydrogen (secondary N) is 1. The fraction of sp³-hybridized carbons (Fsp3) is 0.385. The van der Waals surface area contributed by atoms with E-state index in [0.717, 1.165) is 0 Å². The molecule has 0 aromatic heterocycles. The van der Waals surface area contributed by atoms with Crippen LogP contribution in [-0.4, -0.2) is 32.4 Å². The van der Waals surface area contributed by atoms with Crippen LogP contribution in [0.15, 0.2) is 34.2 Å². The molecular formula is C13H16N2O4S. The van der Waals surface area contributed by atoms with Crippen LogP contribution < -0.4 is 4.72 Å². The van der Waals surface area contributed by atoms with Crippen molar-refractivity contribution in [3.8, 4) is 0 Å². The number of carbonyl (C=O) groups excluding carboxylic acids is 1. The lowest BCUT2D eigenvalue weighted by atomic mass is 10.2. The average molecular weight is 296 g/mol. The van der Waals surface area contributed by atoms with E-state index in [0.29, 0.717) is 5.56 Å². The third-order valence-corrected chi connectivity index (χ3v) is 4.08. The van der Waals surface area contributed by atoms with Gasteiger partial charge in [-0.1, -0.05) is 12.1 Å². The van der Waals surface area contributed by atoms with Crippen LogP contribution in [0.4, 0.5) is 0 Å². The molecule has 20 heavy (non-hydrogen) atoms. The van der Waals surface area contributed by atoms with E-state index in [1.807, 2.05) is 0 Å². The SMILES string of the molecule is CC(C)OC(=O)[C@@H](C)N=C1NS(=O)(=O)c2ccccc21. The number of esters is 1. The van der Waals surface area contributed by atoms with Crippen LogP contribution in [-0.2, 0) is 19.6 Å². The van der Waals surface area contributed by atoms with E-state index >= 15 is 0 Å². The number of sulfonamides is 1. The van der Waals surface area contributed by atoms with Crippen LogP contribution in [0.5, 0.6) is 0 Å². The molecule has 0 saturated heterocycles. The molecular weight excluding hydrogens is 280 g/mol. The Morgan fingerprint density at radius 2 is 1.90 bits per heavy atom. The van der Waals surface area contributed by atoms with Gasteiger partial charge in [0.15, 0.2) is 0 Å². The summed E-state index contributed by atoms with van der Waals surface area (Å²) in [6.07, 6.45) is -0.238. The van der Waals surface area contributed by atoms with Crippen molar-refractivity contribution in [2.24, 2.45) is 4.99 Å². The summed E-state index contributed by atoms with van der Waals surface area (Å²) < 4.78 is 31.2. The van der Waals surface area contributed by atoms with Crippen molar-refractivity contribution in [2.45, 2.75) is 37.8 Å². The van der Waals surface area contributed by atoms with Crippen molar-refractivity contribution in [1.29, 1.82) is 0 Å². The third kappa shape index (κ3) is 2.82. The van der Waals surface area contributed by atoms with Crippen LogP contribution in [0.3, 0.4) is 0 Å². The standard InChI is InChI=1S/C13H16N2O4S/c1-8(2)19-13(16)9(3)14-12-10-6-4-5-7-11(10)20(17,18)15-12/h4-9H,1-3H3,(H,14,15)/t9-/m1/s1. The molecule has 0 radical (unpaired) electrons. The van der Waals surface area contributed by atoms with Gasteiger partial charge in [0.2, 0.25) is 0 Å². The number of hydrogen-bond acceptors (Lipinski definition) is 5. The van der Waals surface area contributed by atoms with Gasteiger partial charge in [0.25, 0.3) is 10.0 Å². The first-order chi connectivity index (χ1) is 9.31. The summed E-state index contributed by atoms with van der Waals surface area (Å²) in [4.78, 5) is 16.0. The minimum Gasteiger partial charge on any atom is -0.461 e. The average Bonchev–Trinajstić information content (AvgIpc) is 2.61. The molecule has 6 nitrogen and oxygen atoms in total. The Morgan fingerprint density at radius 3 is 2.55 bits per heavy atom. The molecule has 108 valence electrons. The maximum Gasteiger partial charge on any atom is 0.330 e. The Hall–Kier alpha value is -1.89. The van der Waals surface area contributed by atoms with E-state index in [-0.39, 0.29) is 16.8 Å². The van der Waals surface area contributed by atoms with E-state index in [4.69, 9.17) is 4.74 Å². The Morgan fingerprint density at radius 1 is 1.25 bits per heavy atom. The van der Waals surface area contributed by atoms with Gasteiger partial charge >= 0.3 is 5.97 Å². The Bertz CT molecular complexity index is 665. The lowest BCUT2D eigenvalue weighted by molar-refractivity contribution is -0.148. The van der Waals surface area contributed by atoms with Crippen molar-refractivity contribution >= 4 is 21.8 Å². The highest BCUT2D eigenvalue weighted by atomic mass is 32.2. The van der Waals surface area contributed by atoms with Gasteiger partial charge in [0, 0.05) is 5.56 Å². The summed E-state index contributed by atoms with van der Waals surface area (Å²) in [7, 11) is -3.58. The summed E-state index contributed by atoms with van der Waals surface area (Å²) in [6, 6.07) is 5.72. The summed E-state index contributed by atoms with van der Waals surface area (Å²) in [6.45, 7) is 5.05. The highest BCUT2D eigenvalue weighted by Gasteiger charge is 2.31. The monoisotopic (exact) mass is 296 g/mol. The first-order valence-corrected chi connectivity index (χ1v) is 7.70. The topological polar surface area (TPSA) is 84.8 Å². The smallest absolute Gasteiger partial charge is 0.330 e. The van der Waals surface area contributed by atoms with Gasteiger partial charge in [-0.3, -0.25) is 9.71 Å². The second-order valence-corrected chi connectivity index (χ2v) is 6.39. The van der Waals surface area contributed by atoms with E-state index < -0.39 is 22.0 Å². The molecule has 1 aromatic carbocycles. The number of nitrogens with zero attached hydrogens (tertiary/aromatic N) is 1. The molecule has 1 aliphatic heterocycles. The van der Waals surface area contributed by atoms with Gasteiger partial charge in [0.05, 0.1) is 11.0 Å². The molecule has 0 fully saturated rings. The molecule has 0 aliphatic carbocycles. The molecule has 1 N–H and O–H groups in total. The number of benzene rings is 1. The highest BCUT2D eigenvalue weighted by molar-refractivity contribution is 7.90. The molecule has 1 aromatic rings. The normalized spacial score (nSPS) is 19.5. The van der Waals surface area contributed by atoms with Crippen molar-refractivity contribution in [3.63, 3.8) is 0 Å². The van der Waals surface area contributed by atoms with Crippen LogP contribution >= 0.6 is 0 Å². The zero-order valence-corrected chi connectivity index (χ0v) is 12.3. The summed E-state index contributed by atoms with van der Waals surface area (Å²) in [5, 5.41) is 0. The second-order valence-electron chi connectivity index (χ2n) is 4.74. The Kier molecular flexibility index (Phi) is 3.80. The van der Waals surface area contributed by atoms with Gasteiger partial charge in [-0.25, -0.2) is 13.2 Å². The van der Waals surface area contributed by atoms with Gasteiger partial charge in [-0.2, -0.15) is 0 Å². The fourth-order valence-corrected chi connectivity index (χ4v) is 3.05. The largest absolute Gasteiger partial charge is 0.461 e. The Balaban J connectivity index is 2.31. The Labute approximate surface area is 117 Å². The molecule has 0 saturated carbocycles.